The maximum Gasteiger partial charge on any atom is 0.277 e. The van der Waals surface area contributed by atoms with Crippen LogP contribution < -0.4 is 15.8 Å². The Morgan fingerprint density at radius 2 is 1.60 bits per heavy atom. The number of nitrogens with one attached hydrogen (secondary N) is 1. The lowest BCUT2D eigenvalue weighted by Gasteiger charge is -2.46. The number of likely N-dealkylation sites (tertiary alicyclic amines) is 1. The Bertz CT molecular complexity index is 1740. The molecular formula is C33H40N8O2. The molecule has 2 spiro atoms. The standard InChI is InChI=1S/C33H40N8O2/c1-38-17-13-32(14-18-38)15-19-40(20-16-32)24-6-4-23(5-7-24)35-31-34-21-25-29(37-31)41(39(2)30(25)43)26-8-3-22-9-10-33(11-12-33)28(42)27(22)36-26/h3-8,21,28,42H,9-20H2,1-2H3,(H,34,35,37). The van der Waals surface area contributed by atoms with Crippen molar-refractivity contribution < 1.29 is 5.11 Å². The minimum absolute atomic E-state index is 0.0130. The maximum absolute atomic E-state index is 13.1. The summed E-state index contributed by atoms with van der Waals surface area (Å²) in [7, 11) is 3.95. The smallest absolute Gasteiger partial charge is 0.277 e. The Kier molecular flexibility index (Phi) is 6.17. The number of benzene rings is 1. The fraction of sp³-hybridized carbons (Fsp3) is 0.515. The van der Waals surface area contributed by atoms with E-state index in [0.29, 0.717) is 28.2 Å². The first-order valence-electron chi connectivity index (χ1n) is 15.8. The van der Waals surface area contributed by atoms with Crippen LogP contribution in [-0.2, 0) is 13.5 Å². The largest absolute Gasteiger partial charge is 0.386 e. The lowest BCUT2D eigenvalue weighted by atomic mass is 9.71. The predicted molar refractivity (Wildman–Crippen MR) is 167 cm³/mol. The molecule has 0 bridgehead atoms. The van der Waals surface area contributed by atoms with Crippen molar-refractivity contribution in [3.63, 3.8) is 0 Å². The molecule has 3 fully saturated rings. The van der Waals surface area contributed by atoms with Gasteiger partial charge in [0.15, 0.2) is 11.5 Å². The number of aliphatic hydroxyl groups is 1. The Morgan fingerprint density at radius 3 is 2.33 bits per heavy atom. The molecule has 1 atom stereocenters. The minimum Gasteiger partial charge on any atom is -0.386 e. The van der Waals surface area contributed by atoms with Crippen LogP contribution in [0, 0.1) is 10.8 Å². The van der Waals surface area contributed by atoms with Gasteiger partial charge in [-0.1, -0.05) is 6.07 Å². The number of rotatable bonds is 4. The van der Waals surface area contributed by atoms with E-state index < -0.39 is 6.10 Å². The summed E-state index contributed by atoms with van der Waals surface area (Å²) in [6.07, 6.45) is 10.2. The average Bonchev–Trinajstić information content (AvgIpc) is 3.77. The van der Waals surface area contributed by atoms with Crippen molar-refractivity contribution >= 4 is 28.4 Å². The van der Waals surface area contributed by atoms with E-state index in [2.05, 4.69) is 51.4 Å². The molecule has 2 saturated heterocycles. The van der Waals surface area contributed by atoms with E-state index in [0.717, 1.165) is 55.7 Å². The molecule has 0 radical (unpaired) electrons. The molecule has 2 aliphatic heterocycles. The Hall–Kier alpha value is -3.76. The van der Waals surface area contributed by atoms with Gasteiger partial charge in [-0.2, -0.15) is 4.98 Å². The van der Waals surface area contributed by atoms with Gasteiger partial charge in [0.25, 0.3) is 5.56 Å². The van der Waals surface area contributed by atoms with Gasteiger partial charge in [-0.25, -0.2) is 19.3 Å². The van der Waals surface area contributed by atoms with Crippen LogP contribution in [0.4, 0.5) is 17.3 Å². The zero-order valence-electron chi connectivity index (χ0n) is 25.1. The molecule has 10 nitrogen and oxygen atoms in total. The second kappa shape index (κ2) is 9.89. The van der Waals surface area contributed by atoms with Crippen molar-refractivity contribution in [1.29, 1.82) is 0 Å². The highest BCUT2D eigenvalue weighted by molar-refractivity contribution is 5.77. The SMILES string of the molecule is CN1CCC2(CC1)CCN(c1ccc(Nc3ncc4c(=O)n(C)n(-c5ccc6c(n5)C(O)C5(CC6)CC5)c4n3)cc1)CC2. The third kappa shape index (κ3) is 4.53. The van der Waals surface area contributed by atoms with Crippen LogP contribution in [-0.4, -0.2) is 67.5 Å². The number of aryl methyl sites for hydroxylation is 1. The Labute approximate surface area is 251 Å². The number of hydrogen-bond acceptors (Lipinski definition) is 8. The lowest BCUT2D eigenvalue weighted by Crippen LogP contribution is -2.46. The summed E-state index contributed by atoms with van der Waals surface area (Å²) in [5.41, 5.74) is 4.77. The Balaban J connectivity index is 1.02. The molecule has 2 aliphatic carbocycles. The molecule has 2 N–H and O–H groups in total. The zero-order chi connectivity index (χ0) is 29.3. The van der Waals surface area contributed by atoms with Crippen LogP contribution >= 0.6 is 0 Å². The van der Waals surface area contributed by atoms with Crippen molar-refractivity contribution in [3.8, 4) is 5.82 Å². The lowest BCUT2D eigenvalue weighted by molar-refractivity contribution is 0.0734. The van der Waals surface area contributed by atoms with Crippen molar-refractivity contribution in [2.75, 3.05) is 43.4 Å². The van der Waals surface area contributed by atoms with Crippen LogP contribution in [0.15, 0.2) is 47.4 Å². The van der Waals surface area contributed by atoms with E-state index in [1.165, 1.54) is 49.1 Å². The van der Waals surface area contributed by atoms with Crippen molar-refractivity contribution in [2.24, 2.45) is 17.9 Å². The van der Waals surface area contributed by atoms with E-state index >= 15 is 0 Å². The number of aromatic nitrogens is 5. The van der Waals surface area contributed by atoms with Gasteiger partial charge in [0.2, 0.25) is 5.95 Å². The summed E-state index contributed by atoms with van der Waals surface area (Å²) < 4.78 is 3.24. The molecule has 4 aromatic rings. The van der Waals surface area contributed by atoms with E-state index in [1.807, 2.05) is 12.1 Å². The minimum atomic E-state index is -0.565. The van der Waals surface area contributed by atoms with Gasteiger partial charge in [-0.3, -0.25) is 4.79 Å². The summed E-state index contributed by atoms with van der Waals surface area (Å²) in [6.45, 7) is 4.66. The molecule has 3 aromatic heterocycles. The second-order valence-corrected chi connectivity index (χ2v) is 13.5. The topological polar surface area (TPSA) is 104 Å². The zero-order valence-corrected chi connectivity index (χ0v) is 25.1. The molecular weight excluding hydrogens is 540 g/mol. The number of nitrogens with zero attached hydrogens (tertiary/aromatic N) is 7. The molecule has 4 aliphatic rings. The normalized spacial score (nSPS) is 22.7. The Morgan fingerprint density at radius 1 is 0.884 bits per heavy atom. The number of anilines is 3. The summed E-state index contributed by atoms with van der Waals surface area (Å²) in [5.74, 6) is 0.986. The molecule has 224 valence electrons. The van der Waals surface area contributed by atoms with Crippen LogP contribution in [0.1, 0.15) is 62.3 Å². The fourth-order valence-corrected chi connectivity index (χ4v) is 7.69. The van der Waals surface area contributed by atoms with Crippen LogP contribution in [0.3, 0.4) is 0 Å². The van der Waals surface area contributed by atoms with Crippen LogP contribution in [0.5, 0.6) is 0 Å². The van der Waals surface area contributed by atoms with Gasteiger partial charge < -0.3 is 20.2 Å². The van der Waals surface area contributed by atoms with E-state index in [-0.39, 0.29) is 11.0 Å². The van der Waals surface area contributed by atoms with Gasteiger partial charge in [0.1, 0.15) is 11.5 Å². The summed E-state index contributed by atoms with van der Waals surface area (Å²) >= 11 is 0. The van der Waals surface area contributed by atoms with E-state index in [1.54, 1.807) is 17.9 Å². The first-order valence-corrected chi connectivity index (χ1v) is 15.8. The van der Waals surface area contributed by atoms with Crippen molar-refractivity contribution in [3.05, 3.63) is 64.2 Å². The maximum atomic E-state index is 13.1. The third-order valence-corrected chi connectivity index (χ3v) is 11.0. The summed E-state index contributed by atoms with van der Waals surface area (Å²) in [4.78, 5) is 32.2. The first-order chi connectivity index (χ1) is 20.8. The molecule has 1 saturated carbocycles. The van der Waals surface area contributed by atoms with Crippen molar-refractivity contribution in [2.45, 2.75) is 57.5 Å². The molecule has 1 aromatic carbocycles. The van der Waals surface area contributed by atoms with E-state index in [4.69, 9.17) is 9.97 Å². The van der Waals surface area contributed by atoms with Gasteiger partial charge in [0, 0.05) is 43.1 Å². The summed E-state index contributed by atoms with van der Waals surface area (Å²) in [6, 6.07) is 12.4. The summed E-state index contributed by atoms with van der Waals surface area (Å²) in [5, 5.41) is 14.9. The molecule has 5 heterocycles. The second-order valence-electron chi connectivity index (χ2n) is 13.5. The molecule has 0 amide bonds. The number of pyridine rings is 1. The molecule has 8 rings (SSSR count). The predicted octanol–water partition coefficient (Wildman–Crippen LogP) is 4.33. The quantitative estimate of drug-likeness (QED) is 0.368. The molecule has 43 heavy (non-hydrogen) atoms. The molecule has 1 unspecified atom stereocenters. The number of hydrogen-bond donors (Lipinski definition) is 2. The van der Waals surface area contributed by atoms with Crippen LogP contribution in [0.25, 0.3) is 16.9 Å². The highest BCUT2D eigenvalue weighted by Crippen LogP contribution is 2.60. The fourth-order valence-electron chi connectivity index (χ4n) is 7.69. The monoisotopic (exact) mass is 580 g/mol. The van der Waals surface area contributed by atoms with Crippen molar-refractivity contribution in [1.82, 2.24) is 29.2 Å². The van der Waals surface area contributed by atoms with Gasteiger partial charge in [-0.05, 0) is 113 Å². The van der Waals surface area contributed by atoms with Gasteiger partial charge >= 0.3 is 0 Å². The van der Waals surface area contributed by atoms with Gasteiger partial charge in [-0.15, -0.1) is 0 Å². The highest BCUT2D eigenvalue weighted by Gasteiger charge is 2.52. The molecule has 10 heteroatoms. The van der Waals surface area contributed by atoms with E-state index in [9.17, 15) is 9.90 Å². The number of fused-ring (bicyclic) bond motifs is 2. The number of piperidine rings is 2. The van der Waals surface area contributed by atoms with Gasteiger partial charge in [0.05, 0.1) is 5.69 Å². The number of aliphatic hydroxyl groups excluding tert-OH is 1. The van der Waals surface area contributed by atoms with Crippen LogP contribution in [0.2, 0.25) is 0 Å². The highest BCUT2D eigenvalue weighted by atomic mass is 16.3. The average molecular weight is 581 g/mol. The first kappa shape index (κ1) is 26.8. The third-order valence-electron chi connectivity index (χ3n) is 11.0.